The molecule has 0 radical (unpaired) electrons. The van der Waals surface area contributed by atoms with E-state index in [-0.39, 0.29) is 11.7 Å². The van der Waals surface area contributed by atoms with Crippen LogP contribution in [0.3, 0.4) is 0 Å². The Labute approximate surface area is 156 Å². The maximum Gasteiger partial charge on any atom is 0.243 e. The minimum atomic E-state index is -0.928. The van der Waals surface area contributed by atoms with E-state index < -0.39 is 17.2 Å². The van der Waals surface area contributed by atoms with E-state index in [4.69, 9.17) is 0 Å². The van der Waals surface area contributed by atoms with E-state index in [0.717, 1.165) is 29.4 Å². The van der Waals surface area contributed by atoms with Gasteiger partial charge in [-0.05, 0) is 18.1 Å². The SMILES string of the molecule is CC1(C)C(C#N)=C(SCC(=O)N2CCc3ccccc32)NC(=O)[C@@H]1C#N. The largest absolute Gasteiger partial charge is 0.319 e. The number of nitriles is 2. The van der Waals surface area contributed by atoms with Crippen LogP contribution in [0, 0.1) is 34.0 Å². The molecule has 1 aromatic carbocycles. The molecule has 0 unspecified atom stereocenters. The lowest BCUT2D eigenvalue weighted by Crippen LogP contribution is -2.44. The van der Waals surface area contributed by atoms with Crippen molar-refractivity contribution in [2.24, 2.45) is 11.3 Å². The molecule has 26 heavy (non-hydrogen) atoms. The number of thioether (sulfide) groups is 1. The number of para-hydroxylation sites is 1. The second-order valence-corrected chi connectivity index (χ2v) is 7.79. The van der Waals surface area contributed by atoms with Crippen LogP contribution < -0.4 is 10.2 Å². The normalized spacial score (nSPS) is 20.8. The van der Waals surface area contributed by atoms with Crippen LogP contribution in [0.4, 0.5) is 5.69 Å². The Morgan fingerprint density at radius 3 is 2.81 bits per heavy atom. The lowest BCUT2D eigenvalue weighted by Gasteiger charge is -2.34. The molecule has 0 bridgehead atoms. The highest BCUT2D eigenvalue weighted by Gasteiger charge is 2.44. The lowest BCUT2D eigenvalue weighted by molar-refractivity contribution is -0.125. The number of carbonyl (C=O) groups excluding carboxylic acids is 2. The Morgan fingerprint density at radius 2 is 2.12 bits per heavy atom. The third-order valence-corrected chi connectivity index (χ3v) is 5.85. The molecule has 2 heterocycles. The molecule has 0 aromatic heterocycles. The number of rotatable bonds is 3. The molecule has 1 N–H and O–H groups in total. The first-order chi connectivity index (χ1) is 12.4. The number of nitrogens with zero attached hydrogens (tertiary/aromatic N) is 3. The molecular formula is C19H18N4O2S. The van der Waals surface area contributed by atoms with Crippen LogP contribution in [0.25, 0.3) is 0 Å². The summed E-state index contributed by atoms with van der Waals surface area (Å²) in [6, 6.07) is 11.9. The summed E-state index contributed by atoms with van der Waals surface area (Å²) in [5.41, 5.74) is 1.51. The van der Waals surface area contributed by atoms with Crippen molar-refractivity contribution in [3.8, 4) is 12.1 Å². The Kier molecular flexibility index (Phi) is 4.76. The van der Waals surface area contributed by atoms with Gasteiger partial charge in [0.25, 0.3) is 0 Å². The van der Waals surface area contributed by atoms with Crippen LogP contribution in [-0.4, -0.2) is 24.1 Å². The lowest BCUT2D eigenvalue weighted by atomic mass is 9.72. The molecule has 0 saturated heterocycles. The third kappa shape index (κ3) is 2.95. The average molecular weight is 366 g/mol. The molecule has 0 aliphatic carbocycles. The molecular weight excluding hydrogens is 348 g/mol. The van der Waals surface area contributed by atoms with Gasteiger partial charge in [0.05, 0.1) is 28.5 Å². The molecule has 2 aliphatic heterocycles. The second kappa shape index (κ2) is 6.86. The first-order valence-corrected chi connectivity index (χ1v) is 9.25. The van der Waals surface area contributed by atoms with E-state index in [1.165, 1.54) is 0 Å². The number of allylic oxidation sites excluding steroid dienone is 1. The summed E-state index contributed by atoms with van der Waals surface area (Å²) < 4.78 is 0. The highest BCUT2D eigenvalue weighted by molar-refractivity contribution is 8.03. The summed E-state index contributed by atoms with van der Waals surface area (Å²) in [5.74, 6) is -1.32. The van der Waals surface area contributed by atoms with Crippen molar-refractivity contribution in [3.63, 3.8) is 0 Å². The van der Waals surface area contributed by atoms with Crippen molar-refractivity contribution in [3.05, 3.63) is 40.4 Å². The number of nitrogens with one attached hydrogen (secondary N) is 1. The minimum Gasteiger partial charge on any atom is -0.319 e. The number of amides is 2. The third-order valence-electron chi connectivity index (χ3n) is 4.86. The Bertz CT molecular complexity index is 892. The molecule has 2 amide bonds. The van der Waals surface area contributed by atoms with Crippen molar-refractivity contribution in [2.45, 2.75) is 20.3 Å². The second-order valence-electron chi connectivity index (χ2n) is 6.80. The monoisotopic (exact) mass is 366 g/mol. The fourth-order valence-electron chi connectivity index (χ4n) is 3.34. The standard InChI is InChI=1S/C19H18N4O2S/c1-19(2)13(9-20)17(25)22-18(14(19)10-21)26-11-16(24)23-8-7-12-5-3-4-6-15(12)23/h3-6,13H,7-8,11H2,1-2H3,(H,22,25)/t13-/m0/s1. The fraction of sp³-hybridized carbons (Fsp3) is 0.368. The van der Waals surface area contributed by atoms with E-state index in [9.17, 15) is 20.1 Å². The molecule has 1 atom stereocenters. The van der Waals surface area contributed by atoms with Gasteiger partial charge in [-0.25, -0.2) is 0 Å². The van der Waals surface area contributed by atoms with Crippen LogP contribution in [0.5, 0.6) is 0 Å². The topological polar surface area (TPSA) is 97.0 Å². The number of hydrogen-bond acceptors (Lipinski definition) is 5. The van der Waals surface area contributed by atoms with E-state index in [1.54, 1.807) is 18.7 Å². The first-order valence-electron chi connectivity index (χ1n) is 8.26. The molecule has 3 rings (SSSR count). The summed E-state index contributed by atoms with van der Waals surface area (Å²) in [5, 5.41) is 21.8. The molecule has 2 aliphatic rings. The maximum absolute atomic E-state index is 12.6. The number of anilines is 1. The van der Waals surface area contributed by atoms with Gasteiger partial charge in [-0.3, -0.25) is 9.59 Å². The summed E-state index contributed by atoms with van der Waals surface area (Å²) >= 11 is 1.14. The van der Waals surface area contributed by atoms with Crippen LogP contribution in [0.15, 0.2) is 34.9 Å². The summed E-state index contributed by atoms with van der Waals surface area (Å²) in [7, 11) is 0. The number of fused-ring (bicyclic) bond motifs is 1. The van der Waals surface area contributed by atoms with E-state index >= 15 is 0 Å². The molecule has 132 valence electrons. The summed E-state index contributed by atoms with van der Waals surface area (Å²) in [6.07, 6.45) is 0.826. The Balaban J connectivity index is 1.78. The van der Waals surface area contributed by atoms with Crippen molar-refractivity contribution >= 4 is 29.3 Å². The van der Waals surface area contributed by atoms with Crippen LogP contribution in [-0.2, 0) is 16.0 Å². The molecule has 7 heteroatoms. The quantitative estimate of drug-likeness (QED) is 0.885. The zero-order chi connectivity index (χ0) is 18.9. The van der Waals surface area contributed by atoms with Gasteiger partial charge in [-0.1, -0.05) is 43.8 Å². The highest BCUT2D eigenvalue weighted by atomic mass is 32.2. The summed E-state index contributed by atoms with van der Waals surface area (Å²) in [4.78, 5) is 26.6. The van der Waals surface area contributed by atoms with Gasteiger partial charge in [-0.15, -0.1) is 0 Å². The highest BCUT2D eigenvalue weighted by Crippen LogP contribution is 2.42. The number of carbonyl (C=O) groups is 2. The van der Waals surface area contributed by atoms with E-state index in [0.29, 0.717) is 17.1 Å². The van der Waals surface area contributed by atoms with Crippen LogP contribution in [0.2, 0.25) is 0 Å². The number of benzene rings is 1. The van der Waals surface area contributed by atoms with E-state index in [2.05, 4.69) is 11.4 Å². The molecule has 0 spiro atoms. The predicted octanol–water partition coefficient (Wildman–Crippen LogP) is 2.34. The minimum absolute atomic E-state index is 0.0702. The smallest absolute Gasteiger partial charge is 0.243 e. The van der Waals surface area contributed by atoms with Gasteiger partial charge in [-0.2, -0.15) is 10.5 Å². The first kappa shape index (κ1) is 18.0. The predicted molar refractivity (Wildman–Crippen MR) is 98.6 cm³/mol. The zero-order valence-corrected chi connectivity index (χ0v) is 15.4. The summed E-state index contributed by atoms with van der Waals surface area (Å²) in [6.45, 7) is 4.05. The average Bonchev–Trinajstić information content (AvgIpc) is 3.03. The van der Waals surface area contributed by atoms with Crippen LogP contribution >= 0.6 is 11.8 Å². The fourth-order valence-corrected chi connectivity index (χ4v) is 4.39. The maximum atomic E-state index is 12.6. The van der Waals surface area contributed by atoms with Crippen molar-refractivity contribution in [2.75, 3.05) is 17.2 Å². The molecule has 1 aromatic rings. The van der Waals surface area contributed by atoms with Crippen molar-refractivity contribution in [1.82, 2.24) is 5.32 Å². The van der Waals surface area contributed by atoms with Gasteiger partial charge in [0.1, 0.15) is 5.92 Å². The zero-order valence-electron chi connectivity index (χ0n) is 14.6. The molecule has 0 fully saturated rings. The van der Waals surface area contributed by atoms with E-state index in [1.807, 2.05) is 30.3 Å². The molecule has 6 nitrogen and oxygen atoms in total. The van der Waals surface area contributed by atoms with Gasteiger partial charge < -0.3 is 10.2 Å². The Hall–Kier alpha value is -2.77. The number of hydrogen-bond donors (Lipinski definition) is 1. The van der Waals surface area contributed by atoms with Gasteiger partial charge >= 0.3 is 0 Å². The Morgan fingerprint density at radius 1 is 1.38 bits per heavy atom. The molecule has 0 saturated carbocycles. The van der Waals surface area contributed by atoms with Gasteiger partial charge in [0.15, 0.2) is 0 Å². The van der Waals surface area contributed by atoms with Crippen molar-refractivity contribution < 1.29 is 9.59 Å². The van der Waals surface area contributed by atoms with Gasteiger partial charge in [0.2, 0.25) is 11.8 Å². The van der Waals surface area contributed by atoms with Crippen LogP contribution in [0.1, 0.15) is 19.4 Å². The van der Waals surface area contributed by atoms with Gasteiger partial charge in [0, 0.05) is 17.6 Å². The van der Waals surface area contributed by atoms with Crippen molar-refractivity contribution in [1.29, 1.82) is 10.5 Å².